The maximum atomic E-state index is 11.5. The summed E-state index contributed by atoms with van der Waals surface area (Å²) in [4.78, 5) is 13.2. The summed E-state index contributed by atoms with van der Waals surface area (Å²) < 4.78 is 15.5. The van der Waals surface area contributed by atoms with Gasteiger partial charge in [-0.3, -0.25) is 0 Å². The normalized spacial score (nSPS) is 15.9. The van der Waals surface area contributed by atoms with Gasteiger partial charge in [0.2, 0.25) is 0 Å². The third-order valence-corrected chi connectivity index (χ3v) is 3.41. The van der Waals surface area contributed by atoms with Crippen LogP contribution in [-0.2, 0) is 4.74 Å². The third kappa shape index (κ3) is 2.96. The Balaban J connectivity index is 2.16. The summed E-state index contributed by atoms with van der Waals surface area (Å²) in [6, 6.07) is 5.76. The molecule has 20 heavy (non-hydrogen) atoms. The Morgan fingerprint density at radius 3 is 2.65 bits per heavy atom. The van der Waals surface area contributed by atoms with Crippen molar-refractivity contribution in [3.63, 3.8) is 0 Å². The summed E-state index contributed by atoms with van der Waals surface area (Å²) in [6.45, 7) is 1.65. The van der Waals surface area contributed by atoms with Crippen LogP contribution in [0, 0.1) is 0 Å². The van der Waals surface area contributed by atoms with Crippen molar-refractivity contribution in [1.29, 1.82) is 0 Å². The molecule has 0 aromatic heterocycles. The van der Waals surface area contributed by atoms with Crippen LogP contribution in [0.5, 0.6) is 11.5 Å². The number of nitrogens with zero attached hydrogens (tertiary/aromatic N) is 1. The van der Waals surface area contributed by atoms with E-state index in [1.54, 1.807) is 19.1 Å². The van der Waals surface area contributed by atoms with Gasteiger partial charge in [-0.25, -0.2) is 4.79 Å². The number of nitrogens with one attached hydrogen (secondary N) is 1. The number of rotatable bonds is 6. The minimum atomic E-state index is -0.259. The smallest absolute Gasteiger partial charge is 0.410 e. The van der Waals surface area contributed by atoms with Gasteiger partial charge in [0.15, 0.2) is 11.5 Å². The van der Waals surface area contributed by atoms with Gasteiger partial charge >= 0.3 is 6.09 Å². The molecule has 1 unspecified atom stereocenters. The molecule has 0 saturated carbocycles. The van der Waals surface area contributed by atoms with E-state index in [0.29, 0.717) is 31.2 Å². The lowest BCUT2D eigenvalue weighted by Gasteiger charge is -2.22. The van der Waals surface area contributed by atoms with Gasteiger partial charge in [0, 0.05) is 12.6 Å². The largest absolute Gasteiger partial charge is 0.493 e. The minimum absolute atomic E-state index is 0.0143. The Morgan fingerprint density at radius 1 is 1.35 bits per heavy atom. The summed E-state index contributed by atoms with van der Waals surface area (Å²) in [6.07, 6.45) is -0.259. The van der Waals surface area contributed by atoms with Crippen molar-refractivity contribution >= 4 is 6.09 Å². The second-order valence-electron chi connectivity index (χ2n) is 4.52. The zero-order valence-electron chi connectivity index (χ0n) is 12.0. The standard InChI is InChI=1S/C14H20N2O4/c1-15-11(9-16-6-7-20-14(16)17)10-4-5-12(18-2)13(8-10)19-3/h4-5,8,11,15H,6-7,9H2,1-3H3. The average Bonchev–Trinajstić information content (AvgIpc) is 2.89. The van der Waals surface area contributed by atoms with Gasteiger partial charge in [0.1, 0.15) is 6.61 Å². The Bertz CT molecular complexity index is 478. The zero-order chi connectivity index (χ0) is 14.5. The topological polar surface area (TPSA) is 60.0 Å². The molecule has 1 N–H and O–H groups in total. The first kappa shape index (κ1) is 14.5. The monoisotopic (exact) mass is 280 g/mol. The van der Waals surface area contributed by atoms with E-state index in [4.69, 9.17) is 14.2 Å². The van der Waals surface area contributed by atoms with Crippen LogP contribution in [0.2, 0.25) is 0 Å². The van der Waals surface area contributed by atoms with E-state index < -0.39 is 0 Å². The van der Waals surface area contributed by atoms with E-state index in [0.717, 1.165) is 5.56 Å². The van der Waals surface area contributed by atoms with Crippen molar-refractivity contribution in [3.05, 3.63) is 23.8 Å². The molecule has 6 heteroatoms. The van der Waals surface area contributed by atoms with Crippen LogP contribution in [0.15, 0.2) is 18.2 Å². The molecule has 1 aliphatic heterocycles. The second-order valence-corrected chi connectivity index (χ2v) is 4.52. The van der Waals surface area contributed by atoms with Gasteiger partial charge in [-0.15, -0.1) is 0 Å². The fourth-order valence-corrected chi connectivity index (χ4v) is 2.24. The first-order chi connectivity index (χ1) is 9.69. The number of benzene rings is 1. The van der Waals surface area contributed by atoms with Crippen LogP contribution in [0.4, 0.5) is 4.79 Å². The molecule has 0 aliphatic carbocycles. The van der Waals surface area contributed by atoms with Gasteiger partial charge < -0.3 is 24.4 Å². The van der Waals surface area contributed by atoms with E-state index in [2.05, 4.69) is 5.32 Å². The maximum absolute atomic E-state index is 11.5. The lowest BCUT2D eigenvalue weighted by molar-refractivity contribution is 0.156. The molecule has 1 heterocycles. The molecule has 0 bridgehead atoms. The fraction of sp³-hybridized carbons (Fsp3) is 0.500. The van der Waals surface area contributed by atoms with E-state index in [1.165, 1.54) is 0 Å². The number of amides is 1. The molecule has 6 nitrogen and oxygen atoms in total. The van der Waals surface area contributed by atoms with Crippen molar-refractivity contribution in [3.8, 4) is 11.5 Å². The summed E-state index contributed by atoms with van der Waals surface area (Å²) in [5.74, 6) is 1.36. The first-order valence-corrected chi connectivity index (χ1v) is 6.50. The van der Waals surface area contributed by atoms with Gasteiger partial charge in [0.25, 0.3) is 0 Å². The number of cyclic esters (lactones) is 1. The summed E-state index contributed by atoms with van der Waals surface area (Å²) in [5.41, 5.74) is 1.03. The molecule has 2 rings (SSSR count). The molecule has 1 aliphatic rings. The Hall–Kier alpha value is -1.95. The summed E-state index contributed by atoms with van der Waals surface area (Å²) >= 11 is 0. The molecule has 0 spiro atoms. The molecular weight excluding hydrogens is 260 g/mol. The number of hydrogen-bond acceptors (Lipinski definition) is 5. The highest BCUT2D eigenvalue weighted by Crippen LogP contribution is 2.30. The Morgan fingerprint density at radius 2 is 2.10 bits per heavy atom. The molecule has 1 atom stereocenters. The van der Waals surface area contributed by atoms with Crippen LogP contribution < -0.4 is 14.8 Å². The highest BCUT2D eigenvalue weighted by Gasteiger charge is 2.25. The summed E-state index contributed by atoms with van der Waals surface area (Å²) in [5, 5.41) is 3.21. The number of likely N-dealkylation sites (N-methyl/N-ethyl adjacent to an activating group) is 1. The number of hydrogen-bond donors (Lipinski definition) is 1. The fourth-order valence-electron chi connectivity index (χ4n) is 2.24. The molecule has 1 aromatic rings. The van der Waals surface area contributed by atoms with E-state index in [9.17, 15) is 4.79 Å². The quantitative estimate of drug-likeness (QED) is 0.854. The number of carbonyl (C=O) groups excluding carboxylic acids is 1. The SMILES string of the molecule is CNC(CN1CCOC1=O)c1ccc(OC)c(OC)c1. The molecule has 1 saturated heterocycles. The highest BCUT2D eigenvalue weighted by atomic mass is 16.6. The van der Waals surface area contributed by atoms with Crippen LogP contribution >= 0.6 is 0 Å². The molecule has 0 radical (unpaired) electrons. The van der Waals surface area contributed by atoms with Crippen molar-refractivity contribution < 1.29 is 19.0 Å². The van der Waals surface area contributed by atoms with Crippen molar-refractivity contribution in [2.75, 3.05) is 41.0 Å². The van der Waals surface area contributed by atoms with Crippen LogP contribution in [0.3, 0.4) is 0 Å². The van der Waals surface area contributed by atoms with E-state index >= 15 is 0 Å². The van der Waals surface area contributed by atoms with Crippen LogP contribution in [0.25, 0.3) is 0 Å². The van der Waals surface area contributed by atoms with Gasteiger partial charge in [-0.2, -0.15) is 0 Å². The minimum Gasteiger partial charge on any atom is -0.493 e. The van der Waals surface area contributed by atoms with Gasteiger partial charge in [-0.05, 0) is 24.7 Å². The van der Waals surface area contributed by atoms with Crippen molar-refractivity contribution in [1.82, 2.24) is 10.2 Å². The predicted octanol–water partition coefficient (Wildman–Crippen LogP) is 1.42. The number of ether oxygens (including phenoxy) is 3. The highest BCUT2D eigenvalue weighted by molar-refractivity contribution is 5.69. The molecule has 1 amide bonds. The predicted molar refractivity (Wildman–Crippen MR) is 74.3 cm³/mol. The first-order valence-electron chi connectivity index (χ1n) is 6.50. The Kier molecular flexibility index (Phi) is 4.68. The zero-order valence-corrected chi connectivity index (χ0v) is 12.0. The average molecular weight is 280 g/mol. The van der Waals surface area contributed by atoms with Gasteiger partial charge in [0.05, 0.1) is 20.8 Å². The Labute approximate surface area is 118 Å². The summed E-state index contributed by atoms with van der Waals surface area (Å²) in [7, 11) is 5.07. The molecule has 110 valence electrons. The van der Waals surface area contributed by atoms with Crippen molar-refractivity contribution in [2.24, 2.45) is 0 Å². The lowest BCUT2D eigenvalue weighted by Crippen LogP contribution is -2.34. The van der Waals surface area contributed by atoms with E-state index in [1.807, 2.05) is 25.2 Å². The second kappa shape index (κ2) is 6.47. The lowest BCUT2D eigenvalue weighted by atomic mass is 10.1. The van der Waals surface area contributed by atoms with Crippen LogP contribution in [-0.4, -0.2) is 52.0 Å². The van der Waals surface area contributed by atoms with Crippen LogP contribution in [0.1, 0.15) is 11.6 Å². The third-order valence-electron chi connectivity index (χ3n) is 3.41. The number of methoxy groups -OCH3 is 2. The number of carbonyl (C=O) groups is 1. The van der Waals surface area contributed by atoms with E-state index in [-0.39, 0.29) is 12.1 Å². The maximum Gasteiger partial charge on any atom is 0.410 e. The van der Waals surface area contributed by atoms with Crippen molar-refractivity contribution in [2.45, 2.75) is 6.04 Å². The molecular formula is C14H20N2O4. The van der Waals surface area contributed by atoms with Gasteiger partial charge in [-0.1, -0.05) is 6.07 Å². The molecule has 1 aromatic carbocycles. The molecule has 1 fully saturated rings.